The molecule has 0 aliphatic carbocycles. The van der Waals surface area contributed by atoms with Gasteiger partial charge in [0, 0.05) is 37.8 Å². The second kappa shape index (κ2) is 13.0. The van der Waals surface area contributed by atoms with Crippen LogP contribution in [0, 0.1) is 10.1 Å². The number of benzene rings is 2. The molecule has 11 nitrogen and oxygen atoms in total. The van der Waals surface area contributed by atoms with Gasteiger partial charge >= 0.3 is 0 Å². The van der Waals surface area contributed by atoms with Crippen LogP contribution in [0.1, 0.15) is 57.2 Å². The van der Waals surface area contributed by atoms with E-state index < -0.39 is 6.04 Å². The molecule has 12 heteroatoms. The van der Waals surface area contributed by atoms with E-state index in [1.807, 2.05) is 13.8 Å². The SMILES string of the molecule is CCN(CC)C(=O)C1=C(C)N=c2s/c(=C\c3ccc(N4CCCCC4)c([N+](=O)[O-])c3)c(=O)n2[C@H]1c1cc(OC)ccc1OC. The second-order valence-corrected chi connectivity index (χ2v) is 11.7. The highest BCUT2D eigenvalue weighted by Gasteiger charge is 2.36. The molecule has 0 saturated carbocycles. The van der Waals surface area contributed by atoms with Crippen molar-refractivity contribution in [2.24, 2.45) is 4.99 Å². The third-order valence-electron chi connectivity index (χ3n) is 8.22. The van der Waals surface area contributed by atoms with Gasteiger partial charge < -0.3 is 19.3 Å². The average Bonchev–Trinajstić information content (AvgIpc) is 3.34. The topological polar surface area (TPSA) is 120 Å². The minimum absolute atomic E-state index is 0.00960. The summed E-state index contributed by atoms with van der Waals surface area (Å²) in [6.07, 6.45) is 4.77. The van der Waals surface area contributed by atoms with Crippen LogP contribution in [0.25, 0.3) is 6.08 Å². The van der Waals surface area contributed by atoms with Crippen molar-refractivity contribution in [3.05, 3.63) is 88.6 Å². The first kappa shape index (κ1) is 31.0. The molecular formula is C32H37N5O6S. The van der Waals surface area contributed by atoms with Crippen LogP contribution in [-0.4, -0.2) is 60.7 Å². The quantitative estimate of drug-likeness (QED) is 0.262. The predicted molar refractivity (Wildman–Crippen MR) is 170 cm³/mol. The Balaban J connectivity index is 1.70. The third-order valence-corrected chi connectivity index (χ3v) is 9.21. The highest BCUT2D eigenvalue weighted by molar-refractivity contribution is 7.07. The lowest BCUT2D eigenvalue weighted by atomic mass is 9.93. The van der Waals surface area contributed by atoms with E-state index in [4.69, 9.17) is 14.5 Å². The number of anilines is 1. The summed E-state index contributed by atoms with van der Waals surface area (Å²) in [7, 11) is 3.09. The maximum absolute atomic E-state index is 14.2. The van der Waals surface area contributed by atoms with Crippen molar-refractivity contribution >= 4 is 34.7 Å². The highest BCUT2D eigenvalue weighted by atomic mass is 32.1. The van der Waals surface area contributed by atoms with Gasteiger partial charge in [0.15, 0.2) is 4.80 Å². The molecule has 0 bridgehead atoms. The Morgan fingerprint density at radius 3 is 2.48 bits per heavy atom. The Bertz CT molecular complexity index is 1800. The van der Waals surface area contributed by atoms with E-state index in [1.54, 1.807) is 55.3 Å². The van der Waals surface area contributed by atoms with Gasteiger partial charge in [0.05, 0.1) is 34.9 Å². The molecule has 0 N–H and O–H groups in total. The Morgan fingerprint density at radius 1 is 1.11 bits per heavy atom. The van der Waals surface area contributed by atoms with Crippen molar-refractivity contribution in [3.63, 3.8) is 0 Å². The maximum atomic E-state index is 14.2. The van der Waals surface area contributed by atoms with E-state index in [0.29, 0.717) is 62.0 Å². The Labute approximate surface area is 259 Å². The summed E-state index contributed by atoms with van der Waals surface area (Å²) in [5, 5.41) is 12.1. The van der Waals surface area contributed by atoms with Crippen molar-refractivity contribution in [1.29, 1.82) is 0 Å². The number of nitro groups is 1. The molecule has 3 heterocycles. The van der Waals surface area contributed by atoms with Crippen molar-refractivity contribution < 1.29 is 19.2 Å². The number of hydrogen-bond acceptors (Lipinski definition) is 9. The first-order valence-electron chi connectivity index (χ1n) is 14.8. The fourth-order valence-corrected chi connectivity index (χ4v) is 7.00. The molecule has 232 valence electrons. The zero-order valence-corrected chi connectivity index (χ0v) is 26.5. The van der Waals surface area contributed by atoms with Gasteiger partial charge in [-0.15, -0.1) is 0 Å². The van der Waals surface area contributed by atoms with Gasteiger partial charge in [0.25, 0.3) is 17.2 Å². The number of allylic oxidation sites excluding steroid dienone is 1. The number of thiazole rings is 1. The number of ether oxygens (including phenoxy) is 2. The molecule has 2 aliphatic rings. The van der Waals surface area contributed by atoms with E-state index in [2.05, 4.69) is 4.90 Å². The predicted octanol–water partition coefficient (Wildman–Crippen LogP) is 4.02. The van der Waals surface area contributed by atoms with Crippen molar-refractivity contribution in [3.8, 4) is 11.5 Å². The number of nitro benzene ring substituents is 1. The van der Waals surface area contributed by atoms with Gasteiger partial charge in [-0.3, -0.25) is 24.3 Å². The number of piperidine rings is 1. The molecule has 44 heavy (non-hydrogen) atoms. The second-order valence-electron chi connectivity index (χ2n) is 10.7. The summed E-state index contributed by atoms with van der Waals surface area (Å²) in [5.74, 6) is 0.825. The number of likely N-dealkylation sites (N-methyl/N-ethyl adjacent to an activating group) is 1. The van der Waals surface area contributed by atoms with Gasteiger partial charge in [-0.25, -0.2) is 4.99 Å². The number of amides is 1. The summed E-state index contributed by atoms with van der Waals surface area (Å²) < 4.78 is 13.1. The molecule has 5 rings (SSSR count). The lowest BCUT2D eigenvalue weighted by Crippen LogP contribution is -2.43. The first-order valence-corrected chi connectivity index (χ1v) is 15.6. The normalized spacial score (nSPS) is 16.8. The van der Waals surface area contributed by atoms with E-state index in [9.17, 15) is 19.7 Å². The lowest BCUT2D eigenvalue weighted by molar-refractivity contribution is -0.384. The molecule has 1 fully saturated rings. The number of methoxy groups -OCH3 is 2. The number of hydrogen-bond donors (Lipinski definition) is 0. The fraction of sp³-hybridized carbons (Fsp3) is 0.406. The summed E-state index contributed by atoms with van der Waals surface area (Å²) in [5.41, 5.74) is 2.25. The molecule has 1 atom stereocenters. The molecule has 2 aliphatic heterocycles. The number of aromatic nitrogens is 1. The van der Waals surface area contributed by atoms with E-state index in [1.165, 1.54) is 29.1 Å². The standard InChI is InChI=1S/C32H37N5O6S/c1-6-34(7-2)31(39)28-20(3)33-32-36(29(28)23-19-22(42-4)12-14-26(23)43-5)30(38)27(44-32)18-21-11-13-24(25(17-21)37(40)41)35-15-9-8-10-16-35/h11-14,17-19,29H,6-10,15-16H2,1-5H3/b27-18-/t29-/m0/s1. The largest absolute Gasteiger partial charge is 0.497 e. The fourth-order valence-electron chi connectivity index (χ4n) is 5.95. The van der Waals surface area contributed by atoms with Crippen molar-refractivity contribution in [1.82, 2.24) is 9.47 Å². The van der Waals surface area contributed by atoms with Gasteiger partial charge in [-0.2, -0.15) is 0 Å². The number of carbonyl (C=O) groups is 1. The number of fused-ring (bicyclic) bond motifs is 1. The van der Waals surface area contributed by atoms with Gasteiger partial charge in [0.1, 0.15) is 23.2 Å². The molecule has 0 spiro atoms. The van der Waals surface area contributed by atoms with Crippen LogP contribution in [0.2, 0.25) is 0 Å². The minimum Gasteiger partial charge on any atom is -0.497 e. The van der Waals surface area contributed by atoms with Crippen LogP contribution in [0.4, 0.5) is 11.4 Å². The van der Waals surface area contributed by atoms with Crippen molar-refractivity contribution in [2.45, 2.75) is 46.1 Å². The Morgan fingerprint density at radius 2 is 1.84 bits per heavy atom. The summed E-state index contributed by atoms with van der Waals surface area (Å²) in [6, 6.07) is 9.54. The summed E-state index contributed by atoms with van der Waals surface area (Å²) >= 11 is 1.18. The minimum atomic E-state index is -0.831. The van der Waals surface area contributed by atoms with Gasteiger partial charge in [0.2, 0.25) is 0 Å². The third kappa shape index (κ3) is 5.73. The number of nitrogens with zero attached hydrogens (tertiary/aromatic N) is 5. The van der Waals surface area contributed by atoms with Crippen LogP contribution in [0.5, 0.6) is 11.5 Å². The Kier molecular flexibility index (Phi) is 9.19. The van der Waals surface area contributed by atoms with Crippen LogP contribution in [0.3, 0.4) is 0 Å². The zero-order chi connectivity index (χ0) is 31.5. The summed E-state index contributed by atoms with van der Waals surface area (Å²) in [4.78, 5) is 48.7. The molecule has 1 saturated heterocycles. The lowest BCUT2D eigenvalue weighted by Gasteiger charge is -2.30. The van der Waals surface area contributed by atoms with Crippen LogP contribution in [0.15, 0.2) is 57.5 Å². The Hall–Kier alpha value is -4.45. The average molecular weight is 620 g/mol. The smallest absolute Gasteiger partial charge is 0.293 e. The van der Waals surface area contributed by atoms with Crippen LogP contribution < -0.4 is 29.3 Å². The molecule has 3 aromatic rings. The van der Waals surface area contributed by atoms with Gasteiger partial charge in [-0.1, -0.05) is 17.4 Å². The molecular weight excluding hydrogens is 582 g/mol. The van der Waals surface area contributed by atoms with E-state index in [-0.39, 0.29) is 22.1 Å². The molecule has 1 amide bonds. The zero-order valence-electron chi connectivity index (χ0n) is 25.7. The van der Waals surface area contributed by atoms with E-state index >= 15 is 0 Å². The highest BCUT2D eigenvalue weighted by Crippen LogP contribution is 2.38. The molecule has 0 unspecified atom stereocenters. The monoisotopic (exact) mass is 619 g/mol. The maximum Gasteiger partial charge on any atom is 0.293 e. The van der Waals surface area contributed by atoms with Crippen molar-refractivity contribution in [2.75, 3.05) is 45.3 Å². The van der Waals surface area contributed by atoms with Crippen LogP contribution >= 0.6 is 11.3 Å². The number of carbonyl (C=O) groups excluding carboxylic acids is 1. The van der Waals surface area contributed by atoms with Gasteiger partial charge in [-0.05, 0) is 75.9 Å². The summed E-state index contributed by atoms with van der Waals surface area (Å²) in [6.45, 7) is 8.12. The first-order chi connectivity index (χ1) is 21.2. The molecule has 2 aromatic carbocycles. The van der Waals surface area contributed by atoms with E-state index in [0.717, 1.165) is 32.4 Å². The molecule has 0 radical (unpaired) electrons. The van der Waals surface area contributed by atoms with Crippen LogP contribution in [-0.2, 0) is 4.79 Å². The number of rotatable bonds is 9. The molecule has 1 aromatic heterocycles.